The number of carbonyl (C=O) groups excluding carboxylic acids is 2. The van der Waals surface area contributed by atoms with Gasteiger partial charge in [0.1, 0.15) is 24.3 Å². The lowest BCUT2D eigenvalue weighted by Gasteiger charge is -2.42. The second kappa shape index (κ2) is 33.5. The van der Waals surface area contributed by atoms with Crippen molar-refractivity contribution in [3.05, 3.63) is 131 Å². The Morgan fingerprint density at radius 1 is 0.511 bits per heavy atom. The van der Waals surface area contributed by atoms with Crippen LogP contribution >= 0.6 is 23.2 Å². The summed E-state index contributed by atoms with van der Waals surface area (Å²) in [6.45, 7) is 2.87. The molecule has 10 rings (SSSR count). The number of amides is 2. The number of anilines is 4. The smallest absolute Gasteiger partial charge is 0.328 e. The van der Waals surface area contributed by atoms with E-state index < -0.39 is 58.5 Å². The average Bonchev–Trinajstić information content (AvgIpc) is 0.820. The molecule has 0 radical (unpaired) electrons. The van der Waals surface area contributed by atoms with Crippen LogP contribution in [0.2, 0.25) is 10.0 Å². The van der Waals surface area contributed by atoms with Crippen LogP contribution < -0.4 is 50.8 Å². The monoisotopic (exact) mass is 1320 g/mol. The number of nitrogens with zero attached hydrogens (tertiary/aromatic N) is 4. The van der Waals surface area contributed by atoms with Gasteiger partial charge in [-0.15, -0.1) is 0 Å². The second-order valence-corrected chi connectivity index (χ2v) is 20.9. The van der Waals surface area contributed by atoms with Crippen molar-refractivity contribution < 1.29 is 96.7 Å². The van der Waals surface area contributed by atoms with Gasteiger partial charge in [0, 0.05) is 85.5 Å². The maximum atomic E-state index is 14.5. The summed E-state index contributed by atoms with van der Waals surface area (Å²) in [5.74, 6) is -5.51. The number of carboxylic acid groups (broad SMARTS) is 6. The minimum atomic E-state index is -1.26. The number of hydrogen-bond acceptors (Lipinski definition) is 20. The summed E-state index contributed by atoms with van der Waals surface area (Å²) in [7, 11) is 3.14. The highest BCUT2D eigenvalue weighted by Gasteiger charge is 2.45. The van der Waals surface area contributed by atoms with Crippen LogP contribution in [0.4, 0.5) is 31.8 Å². The van der Waals surface area contributed by atoms with Crippen LogP contribution in [-0.4, -0.2) is 162 Å². The van der Waals surface area contributed by atoms with Crippen molar-refractivity contribution >= 4 is 116 Å². The number of carbonyl (C=O) groups is 8. The number of aliphatic carboxylic acids is 6. The normalized spacial score (nSPS) is 19.1. The molecule has 488 valence electrons. The maximum absolute atomic E-state index is 14.5. The van der Waals surface area contributed by atoms with Gasteiger partial charge < -0.3 is 81.5 Å². The Kier molecular flexibility index (Phi) is 25.8. The van der Waals surface area contributed by atoms with Gasteiger partial charge >= 0.3 is 35.8 Å². The summed E-state index contributed by atoms with van der Waals surface area (Å²) < 4.78 is 52.7. The average molecular weight is 1320 g/mol. The molecule has 28 nitrogen and oxygen atoms in total. The molecule has 0 bridgehead atoms. The molecule has 2 saturated heterocycles. The van der Waals surface area contributed by atoms with Crippen molar-refractivity contribution in [3.8, 4) is 23.0 Å². The number of halogens is 4. The molecular weight excluding hydrogens is 1260 g/mol. The molecule has 32 heteroatoms. The summed E-state index contributed by atoms with van der Waals surface area (Å²) in [4.78, 5) is 99.4. The predicted molar refractivity (Wildman–Crippen MR) is 328 cm³/mol. The highest BCUT2D eigenvalue weighted by atomic mass is 35.5. The summed E-state index contributed by atoms with van der Waals surface area (Å²) in [6, 6.07) is 16.6. The number of piperazine rings is 2. The van der Waals surface area contributed by atoms with E-state index in [1.165, 1.54) is 24.8 Å². The maximum Gasteiger partial charge on any atom is 0.328 e. The molecule has 92 heavy (non-hydrogen) atoms. The van der Waals surface area contributed by atoms with Gasteiger partial charge in [0.25, 0.3) is 0 Å². The molecule has 4 aromatic carbocycles. The zero-order valence-electron chi connectivity index (χ0n) is 48.9. The van der Waals surface area contributed by atoms with Crippen LogP contribution in [-0.2, 0) is 38.4 Å². The molecule has 0 atom stereocenters. The van der Waals surface area contributed by atoms with E-state index in [9.17, 15) is 47.1 Å². The number of nitrogens with one attached hydrogen (secondary N) is 6. The van der Waals surface area contributed by atoms with Crippen molar-refractivity contribution in [1.82, 2.24) is 41.2 Å². The third-order valence-corrected chi connectivity index (χ3v) is 14.7. The standard InChI is InChI=1S/2C24H25ClFN5O3.3C4H4O4/c2*1-33-19-12-18-15(22(29-13-28-18)31-17-4-2-3-16(25)21(17)26)11-20(19)34-14-5-7-24(8-6-14)23(32)27-9-10-30-24;3*5-3(6)1-2-4(7)8/h2*2-4,11-14,30H,5-10H2,1H3,(H,27,32)(H,28,29,31);3*1-2H,(H,5,6)(H,7,8)/b;;3*2-1+. The highest BCUT2D eigenvalue weighted by Crippen LogP contribution is 2.41. The van der Waals surface area contributed by atoms with Gasteiger partial charge in [0.15, 0.2) is 34.6 Å². The van der Waals surface area contributed by atoms with Crippen LogP contribution in [0.1, 0.15) is 51.4 Å². The molecule has 2 aliphatic heterocycles. The van der Waals surface area contributed by atoms with E-state index in [4.69, 9.17) is 72.8 Å². The van der Waals surface area contributed by atoms with Gasteiger partial charge in [-0.25, -0.2) is 57.5 Å². The number of ether oxygens (including phenoxy) is 4. The number of benzene rings is 4. The van der Waals surface area contributed by atoms with Gasteiger partial charge in [0.2, 0.25) is 11.8 Å². The molecule has 12 N–H and O–H groups in total. The molecular formula is C60H62Cl2F2N10O18. The number of aromatic nitrogens is 4. The lowest BCUT2D eigenvalue weighted by atomic mass is 9.78. The molecule has 2 spiro atoms. The zero-order chi connectivity index (χ0) is 67.1. The molecule has 2 aromatic heterocycles. The Bertz CT molecular complexity index is 3470. The van der Waals surface area contributed by atoms with Crippen molar-refractivity contribution in [2.75, 3.05) is 51.0 Å². The Morgan fingerprint density at radius 3 is 1.13 bits per heavy atom. The van der Waals surface area contributed by atoms with Gasteiger partial charge in [-0.1, -0.05) is 35.3 Å². The topological polar surface area (TPSA) is 419 Å². The zero-order valence-corrected chi connectivity index (χ0v) is 50.4. The van der Waals surface area contributed by atoms with Crippen LogP contribution in [0.3, 0.4) is 0 Å². The predicted octanol–water partition coefficient (Wildman–Crippen LogP) is 7.04. The number of rotatable bonds is 16. The number of methoxy groups -OCH3 is 2. The molecule has 4 fully saturated rings. The summed E-state index contributed by atoms with van der Waals surface area (Å²) in [5, 5.41) is 66.9. The second-order valence-electron chi connectivity index (χ2n) is 20.1. The van der Waals surface area contributed by atoms with Crippen molar-refractivity contribution in [3.63, 3.8) is 0 Å². The van der Waals surface area contributed by atoms with E-state index >= 15 is 0 Å². The van der Waals surface area contributed by atoms with E-state index in [0.29, 0.717) is 132 Å². The first kappa shape index (κ1) is 70.8. The van der Waals surface area contributed by atoms with Crippen molar-refractivity contribution in [1.29, 1.82) is 0 Å². The lowest BCUT2D eigenvalue weighted by molar-refractivity contribution is -0.134. The summed E-state index contributed by atoms with van der Waals surface area (Å²) in [6.07, 6.45) is 11.7. The highest BCUT2D eigenvalue weighted by molar-refractivity contribution is 6.31. The van der Waals surface area contributed by atoms with Gasteiger partial charge in [-0.05, 0) is 87.8 Å². The molecule has 4 aliphatic rings. The van der Waals surface area contributed by atoms with Crippen LogP contribution in [0.5, 0.6) is 23.0 Å². The fourth-order valence-electron chi connectivity index (χ4n) is 9.74. The van der Waals surface area contributed by atoms with Crippen molar-refractivity contribution in [2.24, 2.45) is 0 Å². The van der Waals surface area contributed by atoms with E-state index in [-0.39, 0.29) is 45.4 Å². The number of hydrogen-bond donors (Lipinski definition) is 12. The number of carboxylic acids is 6. The third kappa shape index (κ3) is 20.1. The minimum Gasteiger partial charge on any atom is -0.493 e. The van der Waals surface area contributed by atoms with Gasteiger partial charge in [-0.2, -0.15) is 0 Å². The quantitative estimate of drug-likeness (QED) is 0.0432. The van der Waals surface area contributed by atoms with E-state index in [2.05, 4.69) is 51.8 Å². The van der Waals surface area contributed by atoms with Crippen LogP contribution in [0.25, 0.3) is 21.8 Å². The Hall–Kier alpha value is -10.3. The molecule has 2 saturated carbocycles. The van der Waals surface area contributed by atoms with Crippen molar-refractivity contribution in [2.45, 2.75) is 74.7 Å². The first-order chi connectivity index (χ1) is 43.9. The summed E-state index contributed by atoms with van der Waals surface area (Å²) in [5.41, 5.74) is 0.655. The molecule has 6 aromatic rings. The van der Waals surface area contributed by atoms with Crippen LogP contribution in [0.15, 0.2) is 110 Å². The molecule has 0 unspecified atom stereocenters. The minimum absolute atomic E-state index is 0.0188. The fourth-order valence-corrected chi connectivity index (χ4v) is 10.1. The lowest BCUT2D eigenvalue weighted by Crippen LogP contribution is -2.64. The largest absolute Gasteiger partial charge is 0.493 e. The Balaban J connectivity index is 0.000000216. The number of fused-ring (bicyclic) bond motifs is 2. The van der Waals surface area contributed by atoms with Gasteiger partial charge in [0.05, 0.1) is 70.0 Å². The van der Waals surface area contributed by atoms with E-state index in [1.807, 2.05) is 0 Å². The summed E-state index contributed by atoms with van der Waals surface area (Å²) >= 11 is 11.8. The van der Waals surface area contributed by atoms with Crippen LogP contribution in [0, 0.1) is 11.6 Å². The third-order valence-electron chi connectivity index (χ3n) is 14.1. The fraction of sp³-hybridized carbons (Fsp3) is 0.300. The van der Waals surface area contributed by atoms with E-state index in [1.54, 1.807) is 62.8 Å². The SMILES string of the molecule is COc1cc2ncnc(Nc3cccc(Cl)c3F)c2cc1OC1CCC2(CC1)NCCNC2=O.COc1cc2ncnc(Nc3cccc(Cl)c3F)c2cc1OC1CCC2(CC1)NCCNC2=O.O=C(O)/C=C/C(=O)O.O=C(O)/C=C/C(=O)O.O=C(O)/C=C/C(=O)O. The Morgan fingerprint density at radius 2 is 0.837 bits per heavy atom. The first-order valence-corrected chi connectivity index (χ1v) is 28.5. The molecule has 4 heterocycles. The first-order valence-electron chi connectivity index (χ1n) is 27.8. The van der Waals surface area contributed by atoms with E-state index in [0.717, 1.165) is 38.8 Å². The van der Waals surface area contributed by atoms with Gasteiger partial charge in [-0.3, -0.25) is 9.59 Å². The molecule has 2 aliphatic carbocycles. The molecule has 2 amide bonds. The Labute approximate surface area is 531 Å².